The molecule has 0 aliphatic rings. The summed E-state index contributed by atoms with van der Waals surface area (Å²) in [6.07, 6.45) is 0. The molecule has 0 bridgehead atoms. The third-order valence-corrected chi connectivity index (χ3v) is 2.09. The number of rotatable bonds is 3. The summed E-state index contributed by atoms with van der Waals surface area (Å²) in [5.41, 5.74) is 4.96. The third kappa shape index (κ3) is 2.34. The van der Waals surface area contributed by atoms with Gasteiger partial charge in [0.05, 0.1) is 4.92 Å². The quantitative estimate of drug-likeness (QED) is 0.666. The first kappa shape index (κ1) is 11.8. The number of halogens is 1. The Kier molecular flexibility index (Phi) is 3.05. The van der Waals surface area contributed by atoms with Gasteiger partial charge in [-0.15, -0.1) is 0 Å². The Morgan fingerprint density at radius 3 is 2.67 bits per heavy atom. The highest BCUT2D eigenvalue weighted by Crippen LogP contribution is 2.33. The summed E-state index contributed by atoms with van der Waals surface area (Å²) in [5.74, 6) is -1.16. The molecule has 0 radical (unpaired) electrons. The fraction of sp³-hybridized carbons (Fsp3) is 0. The summed E-state index contributed by atoms with van der Waals surface area (Å²) in [7, 11) is 0. The number of para-hydroxylation sites is 1. The number of aromatic nitrogens is 1. The van der Waals surface area contributed by atoms with Crippen LogP contribution in [0.5, 0.6) is 11.6 Å². The number of benzene rings is 1. The molecule has 0 fully saturated rings. The zero-order valence-electron chi connectivity index (χ0n) is 9.04. The Hall–Kier alpha value is -2.70. The van der Waals surface area contributed by atoms with Gasteiger partial charge in [-0.2, -0.15) is 4.98 Å². The van der Waals surface area contributed by atoms with E-state index in [0.717, 1.165) is 12.1 Å². The van der Waals surface area contributed by atoms with Gasteiger partial charge >= 0.3 is 5.69 Å². The molecule has 1 aromatic carbocycles. The second-order valence-electron chi connectivity index (χ2n) is 3.35. The molecule has 6 nitrogen and oxygen atoms in total. The minimum absolute atomic E-state index is 0.0109. The van der Waals surface area contributed by atoms with Crippen molar-refractivity contribution in [3.8, 4) is 11.6 Å². The fourth-order valence-corrected chi connectivity index (χ4v) is 1.33. The molecule has 2 aromatic rings. The normalized spacial score (nSPS) is 10.1. The van der Waals surface area contributed by atoms with Gasteiger partial charge in [0, 0.05) is 12.1 Å². The number of nitrogens with two attached hydrogens (primary N) is 1. The van der Waals surface area contributed by atoms with E-state index in [1.807, 2.05) is 0 Å². The lowest BCUT2D eigenvalue weighted by Gasteiger charge is -2.06. The first-order valence-electron chi connectivity index (χ1n) is 4.91. The molecule has 0 atom stereocenters. The first-order chi connectivity index (χ1) is 8.58. The van der Waals surface area contributed by atoms with Crippen molar-refractivity contribution in [2.45, 2.75) is 0 Å². The molecule has 2 N–H and O–H groups in total. The number of nitrogen functional groups attached to an aromatic ring is 1. The molecule has 92 valence electrons. The minimum atomic E-state index is -0.839. The number of nitro benzene ring substituents is 1. The number of nitro groups is 1. The summed E-state index contributed by atoms with van der Waals surface area (Å²) in [5, 5.41) is 10.7. The van der Waals surface area contributed by atoms with Gasteiger partial charge in [0.15, 0.2) is 5.82 Å². The number of anilines is 1. The molecule has 2 rings (SSSR count). The van der Waals surface area contributed by atoms with E-state index in [9.17, 15) is 14.5 Å². The van der Waals surface area contributed by atoms with E-state index >= 15 is 0 Å². The smallest absolute Gasteiger partial charge is 0.314 e. The number of hydrogen-bond donors (Lipinski definition) is 1. The standard InChI is InChI=1S/C11H8FN3O3/c12-7-3-1-4-8(15(16)17)11(7)18-10-6-2-5-9(13)14-10/h1-6H,(H2,13,14). The van der Waals surface area contributed by atoms with E-state index < -0.39 is 22.2 Å². The molecular weight excluding hydrogens is 241 g/mol. The minimum Gasteiger partial charge on any atom is -0.429 e. The molecule has 0 aliphatic carbocycles. The molecule has 18 heavy (non-hydrogen) atoms. The maximum Gasteiger partial charge on any atom is 0.314 e. The van der Waals surface area contributed by atoms with Crippen LogP contribution in [0.3, 0.4) is 0 Å². The van der Waals surface area contributed by atoms with Crippen molar-refractivity contribution >= 4 is 11.5 Å². The second-order valence-corrected chi connectivity index (χ2v) is 3.35. The molecule has 0 amide bonds. The second kappa shape index (κ2) is 4.66. The molecule has 0 saturated carbocycles. The van der Waals surface area contributed by atoms with Crippen LogP contribution in [0.25, 0.3) is 0 Å². The Labute approximate surface area is 101 Å². The monoisotopic (exact) mass is 249 g/mol. The predicted molar refractivity (Wildman–Crippen MR) is 61.8 cm³/mol. The summed E-state index contributed by atoms with van der Waals surface area (Å²) in [6.45, 7) is 0. The molecule has 0 aliphatic heterocycles. The van der Waals surface area contributed by atoms with Crippen molar-refractivity contribution in [2.75, 3.05) is 5.73 Å². The van der Waals surface area contributed by atoms with Gasteiger partial charge in [-0.25, -0.2) is 4.39 Å². The molecule has 1 heterocycles. The maximum absolute atomic E-state index is 13.5. The lowest BCUT2D eigenvalue weighted by Crippen LogP contribution is -1.98. The van der Waals surface area contributed by atoms with Crippen molar-refractivity contribution in [3.05, 3.63) is 52.3 Å². The zero-order chi connectivity index (χ0) is 13.1. The lowest BCUT2D eigenvalue weighted by atomic mass is 10.3. The van der Waals surface area contributed by atoms with Crippen LogP contribution >= 0.6 is 0 Å². The van der Waals surface area contributed by atoms with Crippen LogP contribution in [0.4, 0.5) is 15.9 Å². The SMILES string of the molecule is Nc1cccc(Oc2c(F)cccc2[N+](=O)[O-])n1. The van der Waals surface area contributed by atoms with E-state index in [2.05, 4.69) is 4.98 Å². The van der Waals surface area contributed by atoms with Crippen molar-refractivity contribution in [1.29, 1.82) is 0 Å². The van der Waals surface area contributed by atoms with Crippen LogP contribution in [-0.4, -0.2) is 9.91 Å². The van der Waals surface area contributed by atoms with Gasteiger partial charge in [0.25, 0.3) is 0 Å². The summed E-state index contributed by atoms with van der Waals surface area (Å²) in [6, 6.07) is 7.92. The van der Waals surface area contributed by atoms with Gasteiger partial charge in [-0.05, 0) is 12.1 Å². The molecule has 0 saturated heterocycles. The first-order valence-corrected chi connectivity index (χ1v) is 4.91. The van der Waals surface area contributed by atoms with Crippen LogP contribution in [-0.2, 0) is 0 Å². The fourth-order valence-electron chi connectivity index (χ4n) is 1.33. The van der Waals surface area contributed by atoms with Gasteiger partial charge in [-0.3, -0.25) is 10.1 Å². The number of hydrogen-bond acceptors (Lipinski definition) is 5. The van der Waals surface area contributed by atoms with E-state index in [4.69, 9.17) is 10.5 Å². The molecule has 1 aromatic heterocycles. The predicted octanol–water partition coefficient (Wildman–Crippen LogP) is 2.50. The van der Waals surface area contributed by atoms with E-state index in [-0.39, 0.29) is 11.7 Å². The topological polar surface area (TPSA) is 91.3 Å². The molecule has 7 heteroatoms. The van der Waals surface area contributed by atoms with Crippen LogP contribution in [0.2, 0.25) is 0 Å². The Bertz CT molecular complexity index is 604. The van der Waals surface area contributed by atoms with Crippen molar-refractivity contribution in [3.63, 3.8) is 0 Å². The zero-order valence-corrected chi connectivity index (χ0v) is 9.04. The van der Waals surface area contributed by atoms with Crippen LogP contribution in [0, 0.1) is 15.9 Å². The van der Waals surface area contributed by atoms with Gasteiger partial charge in [0.1, 0.15) is 5.82 Å². The molecule has 0 unspecified atom stereocenters. The summed E-state index contributed by atoms with van der Waals surface area (Å²) >= 11 is 0. The number of ether oxygens (including phenoxy) is 1. The number of nitrogens with zero attached hydrogens (tertiary/aromatic N) is 2. The van der Waals surface area contributed by atoms with Crippen LogP contribution in [0.15, 0.2) is 36.4 Å². The highest BCUT2D eigenvalue weighted by molar-refractivity contribution is 5.48. The van der Waals surface area contributed by atoms with Crippen molar-refractivity contribution in [1.82, 2.24) is 4.98 Å². The Morgan fingerprint density at radius 2 is 2.00 bits per heavy atom. The summed E-state index contributed by atoms with van der Waals surface area (Å²) in [4.78, 5) is 13.8. The highest BCUT2D eigenvalue weighted by Gasteiger charge is 2.20. The molecule has 0 spiro atoms. The van der Waals surface area contributed by atoms with E-state index in [1.54, 1.807) is 6.07 Å². The lowest BCUT2D eigenvalue weighted by molar-refractivity contribution is -0.385. The maximum atomic E-state index is 13.5. The average molecular weight is 249 g/mol. The van der Waals surface area contributed by atoms with Crippen LogP contribution < -0.4 is 10.5 Å². The van der Waals surface area contributed by atoms with Gasteiger partial charge < -0.3 is 10.5 Å². The van der Waals surface area contributed by atoms with E-state index in [0.29, 0.717) is 0 Å². The highest BCUT2D eigenvalue weighted by atomic mass is 19.1. The Morgan fingerprint density at radius 1 is 1.28 bits per heavy atom. The number of pyridine rings is 1. The molecular formula is C11H8FN3O3. The van der Waals surface area contributed by atoms with Gasteiger partial charge in [-0.1, -0.05) is 12.1 Å². The van der Waals surface area contributed by atoms with Gasteiger partial charge in [0.2, 0.25) is 11.6 Å². The van der Waals surface area contributed by atoms with Crippen molar-refractivity contribution < 1.29 is 14.1 Å². The summed E-state index contributed by atoms with van der Waals surface area (Å²) < 4.78 is 18.6. The van der Waals surface area contributed by atoms with Crippen LogP contribution in [0.1, 0.15) is 0 Å². The Balaban J connectivity index is 2.42. The van der Waals surface area contributed by atoms with E-state index in [1.165, 1.54) is 18.2 Å². The largest absolute Gasteiger partial charge is 0.429 e. The third-order valence-electron chi connectivity index (χ3n) is 2.09. The van der Waals surface area contributed by atoms with Crippen molar-refractivity contribution in [2.24, 2.45) is 0 Å². The average Bonchev–Trinajstić information content (AvgIpc) is 2.31.